The van der Waals surface area contributed by atoms with E-state index in [0.29, 0.717) is 35.1 Å². The van der Waals surface area contributed by atoms with Gasteiger partial charge in [0.1, 0.15) is 12.6 Å². The third kappa shape index (κ3) is 7.74. The van der Waals surface area contributed by atoms with Crippen molar-refractivity contribution in [2.24, 2.45) is 0 Å². The highest BCUT2D eigenvalue weighted by Crippen LogP contribution is 2.34. The summed E-state index contributed by atoms with van der Waals surface area (Å²) in [7, 11) is -1.31. The molecule has 0 aliphatic carbocycles. The zero-order valence-corrected chi connectivity index (χ0v) is 26.2. The van der Waals surface area contributed by atoms with Crippen LogP contribution in [-0.4, -0.2) is 58.5 Å². The molecular formula is C31H38ClN3O6S. The summed E-state index contributed by atoms with van der Waals surface area (Å²) < 4.78 is 39.9. The lowest BCUT2D eigenvalue weighted by Gasteiger charge is -2.33. The molecule has 0 saturated carbocycles. The summed E-state index contributed by atoms with van der Waals surface area (Å²) in [5.74, 6) is -0.193. The van der Waals surface area contributed by atoms with Crippen molar-refractivity contribution in [3.05, 3.63) is 82.9 Å². The van der Waals surface area contributed by atoms with Gasteiger partial charge in [-0.05, 0) is 55.7 Å². The number of anilines is 1. The van der Waals surface area contributed by atoms with Gasteiger partial charge in [0.25, 0.3) is 10.0 Å². The first-order valence-corrected chi connectivity index (χ1v) is 15.5. The molecule has 0 spiro atoms. The smallest absolute Gasteiger partial charge is 0.264 e. The van der Waals surface area contributed by atoms with Gasteiger partial charge in [-0.2, -0.15) is 0 Å². The number of rotatable bonds is 14. The van der Waals surface area contributed by atoms with Crippen molar-refractivity contribution in [2.45, 2.75) is 51.1 Å². The Morgan fingerprint density at radius 2 is 1.62 bits per heavy atom. The number of halogens is 1. The standard InChI is InChI=1S/C31H38ClN3O6S/c1-6-18-33-31(37)27(7-2)34(20-23-10-8-9-11-26(23)32)30(36)21-35(24-14-17-28(40-4)29(19-24)41-5)42(38,39)25-15-12-22(3)13-16-25/h8-17,19,27H,6-7,18,20-21H2,1-5H3,(H,33,37)/t27-/m0/s1. The van der Waals surface area contributed by atoms with Crippen LogP contribution in [0.5, 0.6) is 11.5 Å². The Morgan fingerprint density at radius 3 is 2.21 bits per heavy atom. The van der Waals surface area contributed by atoms with E-state index in [4.69, 9.17) is 21.1 Å². The van der Waals surface area contributed by atoms with E-state index in [0.717, 1.165) is 16.3 Å². The normalized spacial score (nSPS) is 11.9. The van der Waals surface area contributed by atoms with Crippen LogP contribution >= 0.6 is 11.6 Å². The summed E-state index contributed by atoms with van der Waals surface area (Å²) >= 11 is 6.44. The Balaban J connectivity index is 2.12. The number of ether oxygens (including phenoxy) is 2. The number of benzene rings is 3. The Bertz CT molecular complexity index is 1480. The molecule has 9 nitrogen and oxygen atoms in total. The average Bonchev–Trinajstić information content (AvgIpc) is 2.99. The maximum Gasteiger partial charge on any atom is 0.264 e. The molecule has 226 valence electrons. The largest absolute Gasteiger partial charge is 0.493 e. The zero-order chi connectivity index (χ0) is 30.9. The summed E-state index contributed by atoms with van der Waals surface area (Å²) in [6, 6.07) is 17.2. The SMILES string of the molecule is CCCNC(=O)[C@H](CC)N(Cc1ccccc1Cl)C(=O)CN(c1ccc(OC)c(OC)c1)S(=O)(=O)c1ccc(C)cc1. The van der Waals surface area contributed by atoms with Gasteiger partial charge in [0.15, 0.2) is 11.5 Å². The van der Waals surface area contributed by atoms with E-state index in [9.17, 15) is 18.0 Å². The van der Waals surface area contributed by atoms with Gasteiger partial charge in [-0.15, -0.1) is 0 Å². The quantitative estimate of drug-likeness (QED) is 0.267. The number of carbonyl (C=O) groups is 2. The topological polar surface area (TPSA) is 105 Å². The number of sulfonamides is 1. The molecular weight excluding hydrogens is 578 g/mol. The third-order valence-corrected chi connectivity index (χ3v) is 8.93. The molecule has 2 amide bonds. The summed E-state index contributed by atoms with van der Waals surface area (Å²) in [5.41, 5.74) is 1.72. The molecule has 0 fully saturated rings. The molecule has 0 heterocycles. The van der Waals surface area contributed by atoms with Crippen LogP contribution in [0, 0.1) is 6.92 Å². The lowest BCUT2D eigenvalue weighted by atomic mass is 10.1. The van der Waals surface area contributed by atoms with Crippen LogP contribution in [0.3, 0.4) is 0 Å². The molecule has 0 bridgehead atoms. The first-order valence-electron chi connectivity index (χ1n) is 13.7. The lowest BCUT2D eigenvalue weighted by molar-refractivity contribution is -0.140. The second kappa shape index (κ2) is 14.9. The van der Waals surface area contributed by atoms with Crippen molar-refractivity contribution >= 4 is 39.1 Å². The number of nitrogens with one attached hydrogen (secondary N) is 1. The molecule has 3 aromatic rings. The van der Waals surface area contributed by atoms with Crippen molar-refractivity contribution in [1.29, 1.82) is 0 Å². The van der Waals surface area contributed by atoms with Crippen LogP contribution in [0.15, 0.2) is 71.6 Å². The van der Waals surface area contributed by atoms with Crippen molar-refractivity contribution in [3.8, 4) is 11.5 Å². The fourth-order valence-corrected chi connectivity index (χ4v) is 6.04. The maximum atomic E-state index is 14.2. The highest BCUT2D eigenvalue weighted by molar-refractivity contribution is 7.92. The molecule has 42 heavy (non-hydrogen) atoms. The van der Waals surface area contributed by atoms with Gasteiger partial charge in [0, 0.05) is 24.2 Å². The second-order valence-electron chi connectivity index (χ2n) is 9.69. The van der Waals surface area contributed by atoms with Crippen LogP contribution in [0.1, 0.15) is 37.8 Å². The number of methoxy groups -OCH3 is 2. The number of carbonyl (C=O) groups excluding carboxylic acids is 2. The number of amides is 2. The molecule has 1 atom stereocenters. The number of nitrogens with zero attached hydrogens (tertiary/aromatic N) is 2. The molecule has 0 aliphatic heterocycles. The van der Waals surface area contributed by atoms with Crippen molar-refractivity contribution in [1.82, 2.24) is 10.2 Å². The summed E-state index contributed by atoms with van der Waals surface area (Å²) in [6.07, 6.45) is 1.04. The van der Waals surface area contributed by atoms with E-state index < -0.39 is 28.5 Å². The van der Waals surface area contributed by atoms with Gasteiger partial charge in [-0.3, -0.25) is 13.9 Å². The highest BCUT2D eigenvalue weighted by atomic mass is 35.5. The Kier molecular flexibility index (Phi) is 11.6. The first-order chi connectivity index (χ1) is 20.1. The van der Waals surface area contributed by atoms with Gasteiger partial charge in [-0.1, -0.05) is 61.3 Å². The predicted octanol–water partition coefficient (Wildman–Crippen LogP) is 5.19. The number of hydrogen-bond donors (Lipinski definition) is 1. The maximum absolute atomic E-state index is 14.2. The fraction of sp³-hybridized carbons (Fsp3) is 0.355. The van der Waals surface area contributed by atoms with Crippen LogP contribution in [0.25, 0.3) is 0 Å². The van der Waals surface area contributed by atoms with Crippen molar-refractivity contribution in [2.75, 3.05) is 31.6 Å². The second-order valence-corrected chi connectivity index (χ2v) is 12.0. The average molecular weight is 616 g/mol. The predicted molar refractivity (Wildman–Crippen MR) is 165 cm³/mol. The van der Waals surface area contributed by atoms with E-state index in [2.05, 4.69) is 5.32 Å². The third-order valence-electron chi connectivity index (χ3n) is 6.78. The monoisotopic (exact) mass is 615 g/mol. The Hall–Kier alpha value is -3.76. The fourth-order valence-electron chi connectivity index (χ4n) is 4.44. The van der Waals surface area contributed by atoms with Gasteiger partial charge in [-0.25, -0.2) is 8.42 Å². The molecule has 1 N–H and O–H groups in total. The van der Waals surface area contributed by atoms with E-state index in [1.54, 1.807) is 55.5 Å². The van der Waals surface area contributed by atoms with Crippen LogP contribution < -0.4 is 19.1 Å². The molecule has 0 aromatic heterocycles. The summed E-state index contributed by atoms with van der Waals surface area (Å²) in [5, 5.41) is 3.30. The van der Waals surface area contributed by atoms with Crippen LogP contribution in [-0.2, 0) is 26.2 Å². The number of hydrogen-bond acceptors (Lipinski definition) is 6. The van der Waals surface area contributed by atoms with E-state index in [-0.39, 0.29) is 23.0 Å². The van der Waals surface area contributed by atoms with Crippen LogP contribution in [0.4, 0.5) is 5.69 Å². The minimum atomic E-state index is -4.23. The van der Waals surface area contributed by atoms with Crippen molar-refractivity contribution in [3.63, 3.8) is 0 Å². The van der Waals surface area contributed by atoms with E-state index in [1.807, 2.05) is 13.8 Å². The number of aryl methyl sites for hydroxylation is 1. The minimum absolute atomic E-state index is 0.0148. The molecule has 11 heteroatoms. The molecule has 0 saturated heterocycles. The summed E-state index contributed by atoms with van der Waals surface area (Å²) in [4.78, 5) is 28.8. The zero-order valence-electron chi connectivity index (χ0n) is 24.6. The van der Waals surface area contributed by atoms with E-state index >= 15 is 0 Å². The lowest BCUT2D eigenvalue weighted by Crippen LogP contribution is -2.52. The Labute approximate surface area is 253 Å². The molecule has 0 aliphatic rings. The first kappa shape index (κ1) is 32.8. The highest BCUT2D eigenvalue weighted by Gasteiger charge is 2.34. The minimum Gasteiger partial charge on any atom is -0.493 e. The van der Waals surface area contributed by atoms with Crippen LogP contribution in [0.2, 0.25) is 5.02 Å². The molecule has 0 radical (unpaired) electrons. The molecule has 3 rings (SSSR count). The van der Waals surface area contributed by atoms with Gasteiger partial charge >= 0.3 is 0 Å². The van der Waals surface area contributed by atoms with Gasteiger partial charge in [0.2, 0.25) is 11.8 Å². The van der Waals surface area contributed by atoms with Gasteiger partial charge < -0.3 is 19.7 Å². The van der Waals surface area contributed by atoms with E-state index in [1.165, 1.54) is 37.3 Å². The Morgan fingerprint density at radius 1 is 0.952 bits per heavy atom. The molecule has 0 unspecified atom stereocenters. The van der Waals surface area contributed by atoms with Crippen molar-refractivity contribution < 1.29 is 27.5 Å². The summed E-state index contributed by atoms with van der Waals surface area (Å²) in [6.45, 7) is 5.48. The molecule has 3 aromatic carbocycles. The van der Waals surface area contributed by atoms with Gasteiger partial charge in [0.05, 0.1) is 24.8 Å².